The van der Waals surface area contributed by atoms with Gasteiger partial charge in [-0.15, -0.1) is 0 Å². The van der Waals surface area contributed by atoms with Crippen molar-refractivity contribution in [2.24, 2.45) is 0 Å². The summed E-state index contributed by atoms with van der Waals surface area (Å²) in [7, 11) is 0. The molecule has 2 aromatic rings. The van der Waals surface area contributed by atoms with Crippen LogP contribution in [0.4, 0.5) is 10.5 Å². The lowest BCUT2D eigenvalue weighted by molar-refractivity contribution is -0.137. The minimum Gasteiger partial charge on any atom is -0.494 e. The van der Waals surface area contributed by atoms with Gasteiger partial charge in [0.15, 0.2) is 0 Å². The van der Waals surface area contributed by atoms with E-state index in [2.05, 4.69) is 16.0 Å². The van der Waals surface area contributed by atoms with E-state index in [-0.39, 0.29) is 25.4 Å². The molecule has 2 rings (SSSR count). The summed E-state index contributed by atoms with van der Waals surface area (Å²) in [5.41, 5.74) is 0.552. The number of furan rings is 1. The number of urea groups is 1. The zero-order valence-corrected chi connectivity index (χ0v) is 14.6. The molecule has 0 saturated carbocycles. The summed E-state index contributed by atoms with van der Waals surface area (Å²) in [4.78, 5) is 33.9. The Balaban J connectivity index is 1.64. The molecule has 27 heavy (non-hydrogen) atoms. The van der Waals surface area contributed by atoms with E-state index < -0.39 is 12.0 Å². The van der Waals surface area contributed by atoms with Crippen molar-refractivity contribution in [3.8, 4) is 5.75 Å². The van der Waals surface area contributed by atoms with E-state index >= 15 is 0 Å². The Morgan fingerprint density at radius 3 is 2.52 bits per heavy atom. The summed E-state index contributed by atoms with van der Waals surface area (Å²) in [5, 5.41) is 16.2. The maximum atomic E-state index is 11.9. The Kier molecular flexibility index (Phi) is 7.70. The van der Waals surface area contributed by atoms with Gasteiger partial charge >= 0.3 is 12.0 Å². The second-order valence-electron chi connectivity index (χ2n) is 5.53. The van der Waals surface area contributed by atoms with Gasteiger partial charge in [-0.1, -0.05) is 0 Å². The molecule has 1 aromatic carbocycles. The molecule has 0 radical (unpaired) electrons. The Hall–Kier alpha value is -3.49. The zero-order chi connectivity index (χ0) is 19.5. The molecule has 3 amide bonds. The largest absolute Gasteiger partial charge is 0.494 e. The second kappa shape index (κ2) is 10.5. The van der Waals surface area contributed by atoms with Crippen LogP contribution in [0, 0.1) is 0 Å². The third-order valence-electron chi connectivity index (χ3n) is 3.35. The monoisotopic (exact) mass is 375 g/mol. The highest BCUT2D eigenvalue weighted by molar-refractivity contribution is 5.94. The van der Waals surface area contributed by atoms with Gasteiger partial charge in [-0.3, -0.25) is 9.59 Å². The molecule has 4 N–H and O–H groups in total. The highest BCUT2D eigenvalue weighted by atomic mass is 16.5. The van der Waals surface area contributed by atoms with E-state index in [0.717, 1.165) is 0 Å². The van der Waals surface area contributed by atoms with Crippen molar-refractivity contribution in [3.05, 3.63) is 48.4 Å². The van der Waals surface area contributed by atoms with Crippen LogP contribution in [0.25, 0.3) is 0 Å². The van der Waals surface area contributed by atoms with Crippen LogP contribution in [0.5, 0.6) is 5.75 Å². The molecule has 144 valence electrons. The smallest absolute Gasteiger partial charge is 0.315 e. The molecular weight excluding hydrogens is 354 g/mol. The highest BCUT2D eigenvalue weighted by Crippen LogP contribution is 2.15. The second-order valence-corrected chi connectivity index (χ2v) is 5.53. The van der Waals surface area contributed by atoms with Crippen LogP contribution in [-0.2, 0) is 16.1 Å². The molecule has 0 saturated heterocycles. The van der Waals surface area contributed by atoms with Gasteiger partial charge in [0.25, 0.3) is 0 Å². The quantitative estimate of drug-likeness (QED) is 0.470. The zero-order valence-electron chi connectivity index (χ0n) is 14.6. The number of carbonyl (C=O) groups excluding carboxylic acids is 2. The van der Waals surface area contributed by atoms with Gasteiger partial charge in [0.2, 0.25) is 5.91 Å². The molecule has 0 aliphatic carbocycles. The fraction of sp³-hybridized carbons (Fsp3) is 0.278. The van der Waals surface area contributed by atoms with Gasteiger partial charge in [0.1, 0.15) is 11.5 Å². The van der Waals surface area contributed by atoms with Crippen molar-refractivity contribution >= 4 is 23.6 Å². The summed E-state index contributed by atoms with van der Waals surface area (Å²) in [6.45, 7) is 0.348. The average Bonchev–Trinajstić information content (AvgIpc) is 3.16. The van der Waals surface area contributed by atoms with Crippen LogP contribution in [0.2, 0.25) is 0 Å². The molecule has 0 atom stereocenters. The lowest BCUT2D eigenvalue weighted by Crippen LogP contribution is -2.39. The van der Waals surface area contributed by atoms with Gasteiger partial charge in [-0.2, -0.15) is 0 Å². The van der Waals surface area contributed by atoms with Crippen LogP contribution in [0.1, 0.15) is 18.6 Å². The molecule has 0 spiro atoms. The van der Waals surface area contributed by atoms with Crippen LogP contribution in [0.15, 0.2) is 47.1 Å². The van der Waals surface area contributed by atoms with E-state index in [0.29, 0.717) is 30.2 Å². The molecule has 1 heterocycles. The number of carboxylic acids is 1. The molecule has 1 aromatic heterocycles. The van der Waals surface area contributed by atoms with Crippen molar-refractivity contribution in [2.75, 3.05) is 18.5 Å². The number of carboxylic acid groups (broad SMARTS) is 1. The summed E-state index contributed by atoms with van der Waals surface area (Å²) < 4.78 is 10.5. The van der Waals surface area contributed by atoms with Gasteiger partial charge in [-0.05, 0) is 42.8 Å². The lowest BCUT2D eigenvalue weighted by Gasteiger charge is -2.09. The molecular formula is C18H21N3O6. The van der Waals surface area contributed by atoms with Crippen LogP contribution >= 0.6 is 0 Å². The fourth-order valence-corrected chi connectivity index (χ4v) is 2.06. The first-order chi connectivity index (χ1) is 13.0. The molecule has 0 unspecified atom stereocenters. The van der Waals surface area contributed by atoms with E-state index in [1.54, 1.807) is 36.4 Å². The molecule has 0 fully saturated rings. The Labute approximate surface area is 155 Å². The summed E-state index contributed by atoms with van der Waals surface area (Å²) in [6.07, 6.45) is 1.98. The van der Waals surface area contributed by atoms with Gasteiger partial charge in [-0.25, -0.2) is 4.79 Å². The van der Waals surface area contributed by atoms with E-state index in [4.69, 9.17) is 14.3 Å². The Morgan fingerprint density at radius 1 is 1.07 bits per heavy atom. The number of ether oxygens (including phenoxy) is 1. The molecule has 9 heteroatoms. The van der Waals surface area contributed by atoms with Crippen molar-refractivity contribution in [3.63, 3.8) is 0 Å². The number of benzene rings is 1. The van der Waals surface area contributed by atoms with Gasteiger partial charge in [0, 0.05) is 12.1 Å². The van der Waals surface area contributed by atoms with Crippen molar-refractivity contribution in [2.45, 2.75) is 19.4 Å². The Bertz CT molecular complexity index is 743. The number of aliphatic carboxylic acids is 1. The molecule has 0 aliphatic rings. The number of amides is 3. The minimum atomic E-state index is -0.861. The van der Waals surface area contributed by atoms with Gasteiger partial charge in [0.05, 0.1) is 26.0 Å². The first kappa shape index (κ1) is 19.8. The number of nitrogens with one attached hydrogen (secondary N) is 3. The van der Waals surface area contributed by atoms with Crippen molar-refractivity contribution < 1.29 is 28.6 Å². The third-order valence-corrected chi connectivity index (χ3v) is 3.35. The first-order valence-corrected chi connectivity index (χ1v) is 8.31. The predicted octanol–water partition coefficient (Wildman–Crippen LogP) is 1.96. The van der Waals surface area contributed by atoms with E-state index in [9.17, 15) is 14.4 Å². The SMILES string of the molecule is O=C(O)CCCOc1ccc(NC(=O)CNC(=O)NCc2ccco2)cc1. The number of hydrogen-bond acceptors (Lipinski definition) is 5. The first-order valence-electron chi connectivity index (χ1n) is 8.31. The lowest BCUT2D eigenvalue weighted by atomic mass is 10.3. The van der Waals surface area contributed by atoms with E-state index in [1.165, 1.54) is 6.26 Å². The van der Waals surface area contributed by atoms with Crippen LogP contribution < -0.4 is 20.7 Å². The van der Waals surface area contributed by atoms with Crippen molar-refractivity contribution in [1.29, 1.82) is 0 Å². The number of carbonyl (C=O) groups is 3. The highest BCUT2D eigenvalue weighted by Gasteiger charge is 2.07. The van der Waals surface area contributed by atoms with E-state index in [1.807, 2.05) is 0 Å². The standard InChI is InChI=1S/C18H21N3O6/c22-16(12-20-18(25)19-11-15-3-1-9-27-15)21-13-5-7-14(8-6-13)26-10-2-4-17(23)24/h1,3,5-9H,2,4,10-12H2,(H,21,22)(H,23,24)(H2,19,20,25). The maximum Gasteiger partial charge on any atom is 0.315 e. The number of rotatable bonds is 10. The molecule has 0 aliphatic heterocycles. The summed E-state index contributed by atoms with van der Waals surface area (Å²) in [6, 6.07) is 9.61. The topological polar surface area (TPSA) is 130 Å². The molecule has 0 bridgehead atoms. The Morgan fingerprint density at radius 2 is 1.85 bits per heavy atom. The minimum absolute atomic E-state index is 0.0518. The van der Waals surface area contributed by atoms with Crippen molar-refractivity contribution in [1.82, 2.24) is 10.6 Å². The predicted molar refractivity (Wildman–Crippen MR) is 96.4 cm³/mol. The maximum absolute atomic E-state index is 11.9. The summed E-state index contributed by atoms with van der Waals surface area (Å²) in [5.74, 6) is -0.0492. The fourth-order valence-electron chi connectivity index (χ4n) is 2.06. The van der Waals surface area contributed by atoms with Crippen LogP contribution in [-0.4, -0.2) is 36.2 Å². The van der Waals surface area contributed by atoms with Gasteiger partial charge < -0.3 is 30.2 Å². The average molecular weight is 375 g/mol. The van der Waals surface area contributed by atoms with Crippen LogP contribution in [0.3, 0.4) is 0 Å². The third kappa shape index (κ3) is 7.95. The molecule has 9 nitrogen and oxygen atoms in total. The number of anilines is 1. The normalized spacial score (nSPS) is 10.1. The summed E-state index contributed by atoms with van der Waals surface area (Å²) >= 11 is 0. The number of hydrogen-bond donors (Lipinski definition) is 4.